The zero-order chi connectivity index (χ0) is 8.97. The van der Waals surface area contributed by atoms with Gasteiger partial charge in [0.2, 0.25) is 0 Å². The lowest BCUT2D eigenvalue weighted by atomic mass is 10.2. The van der Waals surface area contributed by atoms with E-state index in [0.717, 1.165) is 18.4 Å². The number of rotatable bonds is 5. The van der Waals surface area contributed by atoms with Crippen molar-refractivity contribution >= 4 is 5.97 Å². The Morgan fingerprint density at radius 1 is 1.75 bits per heavy atom. The molecule has 3 heteroatoms. The highest BCUT2D eigenvalue weighted by Gasteiger charge is 2.22. The van der Waals surface area contributed by atoms with Crippen LogP contribution < -0.4 is 5.32 Å². The standard InChI is InChI=1S/C9H15NO2/c1-7(6-8-2-3-8)10-5-4-9(11)12/h4-5,7-8,10H,2-3,6H2,1H3,(H,11,12)/b5-4+. The number of hydrogen-bond acceptors (Lipinski definition) is 2. The smallest absolute Gasteiger partial charge is 0.329 e. The molecule has 0 bridgehead atoms. The first kappa shape index (κ1) is 9.10. The predicted octanol–water partition coefficient (Wildman–Crippen LogP) is 1.36. The lowest BCUT2D eigenvalue weighted by molar-refractivity contribution is -0.131. The molecule has 0 amide bonds. The summed E-state index contributed by atoms with van der Waals surface area (Å²) in [6.45, 7) is 2.07. The third kappa shape index (κ3) is 4.01. The van der Waals surface area contributed by atoms with E-state index < -0.39 is 5.97 Å². The molecule has 0 aromatic heterocycles. The third-order valence-electron chi connectivity index (χ3n) is 1.99. The van der Waals surface area contributed by atoms with Gasteiger partial charge in [0.1, 0.15) is 0 Å². The molecule has 68 valence electrons. The van der Waals surface area contributed by atoms with Crippen LogP contribution in [0.3, 0.4) is 0 Å². The van der Waals surface area contributed by atoms with Crippen LogP contribution in [0.1, 0.15) is 26.2 Å². The highest BCUT2D eigenvalue weighted by atomic mass is 16.4. The fourth-order valence-electron chi connectivity index (χ4n) is 1.21. The number of hydrogen-bond donors (Lipinski definition) is 2. The van der Waals surface area contributed by atoms with Crippen LogP contribution >= 0.6 is 0 Å². The number of carbonyl (C=O) groups is 1. The van der Waals surface area contributed by atoms with Gasteiger partial charge in [-0.2, -0.15) is 0 Å². The van der Waals surface area contributed by atoms with Crippen molar-refractivity contribution in [2.75, 3.05) is 0 Å². The molecule has 1 saturated carbocycles. The van der Waals surface area contributed by atoms with Gasteiger partial charge in [0.25, 0.3) is 0 Å². The summed E-state index contributed by atoms with van der Waals surface area (Å²) in [5, 5.41) is 11.3. The Morgan fingerprint density at radius 2 is 2.42 bits per heavy atom. The third-order valence-corrected chi connectivity index (χ3v) is 1.99. The number of nitrogens with one attached hydrogen (secondary N) is 1. The van der Waals surface area contributed by atoms with Crippen molar-refractivity contribution < 1.29 is 9.90 Å². The molecule has 1 rings (SSSR count). The average Bonchev–Trinajstić information content (AvgIpc) is 2.70. The minimum atomic E-state index is -0.902. The molecule has 12 heavy (non-hydrogen) atoms. The van der Waals surface area contributed by atoms with Crippen LogP contribution in [0.4, 0.5) is 0 Å². The quantitative estimate of drug-likeness (QED) is 0.611. The fraction of sp³-hybridized carbons (Fsp3) is 0.667. The van der Waals surface area contributed by atoms with E-state index in [1.54, 1.807) is 0 Å². The molecule has 1 fully saturated rings. The Bertz CT molecular complexity index is 185. The summed E-state index contributed by atoms with van der Waals surface area (Å²) in [5.74, 6) is -0.0214. The molecule has 0 aromatic carbocycles. The van der Waals surface area contributed by atoms with Crippen molar-refractivity contribution in [3.63, 3.8) is 0 Å². The lowest BCUT2D eigenvalue weighted by Gasteiger charge is -2.09. The molecule has 0 heterocycles. The van der Waals surface area contributed by atoms with Crippen LogP contribution in [-0.4, -0.2) is 17.1 Å². The highest BCUT2D eigenvalue weighted by Crippen LogP contribution is 2.33. The van der Waals surface area contributed by atoms with Crippen LogP contribution in [0.15, 0.2) is 12.3 Å². The maximum absolute atomic E-state index is 10.1. The molecule has 0 spiro atoms. The van der Waals surface area contributed by atoms with Gasteiger partial charge >= 0.3 is 5.97 Å². The van der Waals surface area contributed by atoms with Gasteiger partial charge in [0.15, 0.2) is 0 Å². The van der Waals surface area contributed by atoms with Gasteiger partial charge in [0.05, 0.1) is 0 Å². The Labute approximate surface area is 72.5 Å². The SMILES string of the molecule is CC(CC1CC1)N/C=C/C(=O)O. The predicted molar refractivity (Wildman–Crippen MR) is 46.7 cm³/mol. The Morgan fingerprint density at radius 3 is 2.92 bits per heavy atom. The molecule has 1 atom stereocenters. The second kappa shape index (κ2) is 4.14. The van der Waals surface area contributed by atoms with Crippen molar-refractivity contribution in [1.29, 1.82) is 0 Å². The summed E-state index contributed by atoms with van der Waals surface area (Å²) >= 11 is 0. The van der Waals surface area contributed by atoms with E-state index in [0.29, 0.717) is 6.04 Å². The van der Waals surface area contributed by atoms with Gasteiger partial charge in [-0.1, -0.05) is 12.8 Å². The van der Waals surface area contributed by atoms with Crippen molar-refractivity contribution in [3.8, 4) is 0 Å². The molecule has 1 aliphatic rings. The van der Waals surface area contributed by atoms with Crippen LogP contribution in [0.2, 0.25) is 0 Å². The Balaban J connectivity index is 2.07. The van der Waals surface area contributed by atoms with Crippen LogP contribution in [0.25, 0.3) is 0 Å². The fourth-order valence-corrected chi connectivity index (χ4v) is 1.21. The Kier molecular flexibility index (Phi) is 3.14. The molecule has 0 saturated heterocycles. The number of carboxylic acids is 1. The molecule has 0 aromatic rings. The van der Waals surface area contributed by atoms with E-state index in [1.165, 1.54) is 19.0 Å². The maximum atomic E-state index is 10.1. The minimum absolute atomic E-state index is 0.396. The minimum Gasteiger partial charge on any atom is -0.478 e. The van der Waals surface area contributed by atoms with Crippen molar-refractivity contribution in [2.24, 2.45) is 5.92 Å². The summed E-state index contributed by atoms with van der Waals surface area (Å²) in [4.78, 5) is 10.1. The van der Waals surface area contributed by atoms with Gasteiger partial charge < -0.3 is 10.4 Å². The molecule has 3 nitrogen and oxygen atoms in total. The largest absolute Gasteiger partial charge is 0.478 e. The Hall–Kier alpha value is -0.990. The van der Waals surface area contributed by atoms with Gasteiger partial charge in [0, 0.05) is 18.3 Å². The van der Waals surface area contributed by atoms with E-state index in [2.05, 4.69) is 12.2 Å². The monoisotopic (exact) mass is 169 g/mol. The van der Waals surface area contributed by atoms with E-state index in [4.69, 9.17) is 5.11 Å². The number of aliphatic carboxylic acids is 1. The van der Waals surface area contributed by atoms with Gasteiger partial charge in [-0.25, -0.2) is 4.79 Å². The molecular formula is C9H15NO2. The van der Waals surface area contributed by atoms with Gasteiger partial charge in [-0.15, -0.1) is 0 Å². The average molecular weight is 169 g/mol. The van der Waals surface area contributed by atoms with E-state index in [9.17, 15) is 4.79 Å². The molecule has 1 unspecified atom stereocenters. The first-order valence-corrected chi connectivity index (χ1v) is 4.34. The van der Waals surface area contributed by atoms with E-state index in [-0.39, 0.29) is 0 Å². The molecule has 1 aliphatic carbocycles. The molecule has 0 radical (unpaired) electrons. The van der Waals surface area contributed by atoms with E-state index in [1.807, 2.05) is 0 Å². The second-order valence-electron chi connectivity index (χ2n) is 3.42. The summed E-state index contributed by atoms with van der Waals surface area (Å²) in [6, 6.07) is 0.396. The van der Waals surface area contributed by atoms with Gasteiger partial charge in [-0.3, -0.25) is 0 Å². The summed E-state index contributed by atoms with van der Waals surface area (Å²) in [7, 11) is 0. The normalized spacial score (nSPS) is 19.4. The zero-order valence-electron chi connectivity index (χ0n) is 7.29. The lowest BCUT2D eigenvalue weighted by Crippen LogP contribution is -2.20. The zero-order valence-corrected chi connectivity index (χ0v) is 7.29. The summed E-state index contributed by atoms with van der Waals surface area (Å²) in [6.07, 6.45) is 6.48. The molecule has 0 aliphatic heterocycles. The highest BCUT2D eigenvalue weighted by molar-refractivity contribution is 5.79. The number of carboxylic acid groups (broad SMARTS) is 1. The summed E-state index contributed by atoms with van der Waals surface area (Å²) < 4.78 is 0. The van der Waals surface area contributed by atoms with Crippen molar-refractivity contribution in [1.82, 2.24) is 5.32 Å². The second-order valence-corrected chi connectivity index (χ2v) is 3.42. The van der Waals surface area contributed by atoms with Crippen molar-refractivity contribution in [2.45, 2.75) is 32.2 Å². The van der Waals surface area contributed by atoms with Crippen LogP contribution in [0.5, 0.6) is 0 Å². The topological polar surface area (TPSA) is 49.3 Å². The van der Waals surface area contributed by atoms with Crippen LogP contribution in [-0.2, 0) is 4.79 Å². The van der Waals surface area contributed by atoms with Gasteiger partial charge in [-0.05, 0) is 19.3 Å². The van der Waals surface area contributed by atoms with E-state index >= 15 is 0 Å². The van der Waals surface area contributed by atoms with Crippen molar-refractivity contribution in [3.05, 3.63) is 12.3 Å². The first-order chi connectivity index (χ1) is 5.68. The molecule has 2 N–H and O–H groups in total. The molecular weight excluding hydrogens is 154 g/mol. The first-order valence-electron chi connectivity index (χ1n) is 4.34. The van der Waals surface area contributed by atoms with Crippen LogP contribution in [0, 0.1) is 5.92 Å². The summed E-state index contributed by atoms with van der Waals surface area (Å²) in [5.41, 5.74) is 0. The maximum Gasteiger partial charge on any atom is 0.329 e.